The number of aliphatic carboxylic acids is 1. The topological polar surface area (TPSA) is 79.3 Å². The Hall–Kier alpha value is -1.43. The van der Waals surface area contributed by atoms with Crippen molar-refractivity contribution in [3.8, 4) is 0 Å². The first kappa shape index (κ1) is 14.6. The Labute approximate surface area is 110 Å². The predicted octanol–water partition coefficient (Wildman–Crippen LogP) is 1.96. The van der Waals surface area contributed by atoms with E-state index in [0.29, 0.717) is 6.54 Å². The second kappa shape index (κ2) is 5.95. The van der Waals surface area contributed by atoms with E-state index in [1.165, 1.54) is 11.3 Å². The number of nitrogens with zero attached hydrogens (tertiary/aromatic N) is 1. The van der Waals surface area contributed by atoms with E-state index in [1.54, 1.807) is 20.0 Å². The number of carboxylic acids is 1. The monoisotopic (exact) mass is 270 g/mol. The summed E-state index contributed by atoms with van der Waals surface area (Å²) in [6.07, 6.45) is 1.93. The number of carbonyl (C=O) groups excluding carboxylic acids is 1. The minimum atomic E-state index is -0.883. The summed E-state index contributed by atoms with van der Waals surface area (Å²) in [6, 6.07) is 0. The average molecular weight is 270 g/mol. The van der Waals surface area contributed by atoms with Crippen LogP contribution >= 0.6 is 11.3 Å². The average Bonchev–Trinajstić information content (AvgIpc) is 2.58. The molecule has 0 radical (unpaired) electrons. The first-order chi connectivity index (χ1) is 8.28. The van der Waals surface area contributed by atoms with Crippen LogP contribution in [-0.2, 0) is 16.1 Å². The standard InChI is InChI=1S/C12H18N2O3S/c1-8-13-6-9(18-8)7-14-10(15)4-12(2,3)5-11(16)17/h6H,4-5,7H2,1-3H3,(H,14,15)(H,16,17). The van der Waals surface area contributed by atoms with Gasteiger partial charge < -0.3 is 10.4 Å². The summed E-state index contributed by atoms with van der Waals surface area (Å²) in [4.78, 5) is 27.4. The summed E-state index contributed by atoms with van der Waals surface area (Å²) < 4.78 is 0. The Bertz CT molecular complexity index is 440. The van der Waals surface area contributed by atoms with Crippen molar-refractivity contribution in [3.63, 3.8) is 0 Å². The third-order valence-electron chi connectivity index (χ3n) is 2.40. The van der Waals surface area contributed by atoms with Gasteiger partial charge in [0.25, 0.3) is 0 Å². The molecule has 0 aliphatic carbocycles. The lowest BCUT2D eigenvalue weighted by molar-refractivity contribution is -0.139. The van der Waals surface area contributed by atoms with Crippen LogP contribution < -0.4 is 5.32 Å². The van der Waals surface area contributed by atoms with E-state index in [1.807, 2.05) is 6.92 Å². The number of thiazole rings is 1. The molecular weight excluding hydrogens is 252 g/mol. The fourth-order valence-electron chi connectivity index (χ4n) is 1.64. The lowest BCUT2D eigenvalue weighted by Gasteiger charge is -2.21. The maximum absolute atomic E-state index is 11.7. The first-order valence-corrected chi connectivity index (χ1v) is 6.50. The van der Waals surface area contributed by atoms with E-state index in [-0.39, 0.29) is 18.7 Å². The molecule has 1 aromatic rings. The van der Waals surface area contributed by atoms with Crippen LogP contribution in [0.2, 0.25) is 0 Å². The SMILES string of the molecule is Cc1ncc(CNC(=O)CC(C)(C)CC(=O)O)s1. The van der Waals surface area contributed by atoms with Crippen LogP contribution in [0.1, 0.15) is 36.6 Å². The summed E-state index contributed by atoms with van der Waals surface area (Å²) in [5.74, 6) is -1.02. The summed E-state index contributed by atoms with van der Waals surface area (Å²) in [6.45, 7) is 5.91. The van der Waals surface area contributed by atoms with E-state index in [0.717, 1.165) is 9.88 Å². The lowest BCUT2D eigenvalue weighted by Crippen LogP contribution is -2.29. The van der Waals surface area contributed by atoms with Gasteiger partial charge in [0.05, 0.1) is 18.0 Å². The van der Waals surface area contributed by atoms with Gasteiger partial charge in [-0.1, -0.05) is 13.8 Å². The molecular formula is C12H18N2O3S. The fourth-order valence-corrected chi connectivity index (χ4v) is 2.38. The van der Waals surface area contributed by atoms with Crippen LogP contribution in [0.3, 0.4) is 0 Å². The van der Waals surface area contributed by atoms with Crippen molar-refractivity contribution in [1.82, 2.24) is 10.3 Å². The van der Waals surface area contributed by atoms with Crippen molar-refractivity contribution in [2.45, 2.75) is 40.2 Å². The summed E-state index contributed by atoms with van der Waals surface area (Å²) in [7, 11) is 0. The quantitative estimate of drug-likeness (QED) is 0.828. The van der Waals surface area contributed by atoms with Gasteiger partial charge in [0, 0.05) is 17.5 Å². The van der Waals surface area contributed by atoms with Crippen molar-refractivity contribution in [3.05, 3.63) is 16.1 Å². The Morgan fingerprint density at radius 2 is 2.11 bits per heavy atom. The smallest absolute Gasteiger partial charge is 0.303 e. The van der Waals surface area contributed by atoms with Crippen molar-refractivity contribution >= 4 is 23.2 Å². The Balaban J connectivity index is 2.39. The number of carboxylic acid groups (broad SMARTS) is 1. The number of rotatable bonds is 6. The minimum absolute atomic E-state index is 0.0138. The van der Waals surface area contributed by atoms with Gasteiger partial charge in [0.1, 0.15) is 0 Å². The first-order valence-electron chi connectivity index (χ1n) is 5.68. The molecule has 0 saturated carbocycles. The molecule has 1 heterocycles. The Morgan fingerprint density at radius 1 is 1.44 bits per heavy atom. The number of amides is 1. The molecule has 0 spiro atoms. The van der Waals surface area contributed by atoms with E-state index in [4.69, 9.17) is 5.11 Å². The molecule has 0 aliphatic heterocycles. The molecule has 6 heteroatoms. The Morgan fingerprint density at radius 3 is 2.61 bits per heavy atom. The number of carbonyl (C=O) groups is 2. The van der Waals surface area contributed by atoms with Crippen molar-refractivity contribution in [1.29, 1.82) is 0 Å². The zero-order valence-corrected chi connectivity index (χ0v) is 11.6. The highest BCUT2D eigenvalue weighted by atomic mass is 32.1. The molecule has 0 atom stereocenters. The van der Waals surface area contributed by atoms with Crippen LogP contribution in [-0.4, -0.2) is 22.0 Å². The van der Waals surface area contributed by atoms with E-state index in [2.05, 4.69) is 10.3 Å². The molecule has 0 aromatic carbocycles. The normalized spacial score (nSPS) is 11.3. The van der Waals surface area contributed by atoms with Crippen LogP contribution in [0.15, 0.2) is 6.20 Å². The molecule has 0 fully saturated rings. The summed E-state index contributed by atoms with van der Waals surface area (Å²) in [5.41, 5.74) is -0.528. The molecule has 0 unspecified atom stereocenters. The predicted molar refractivity (Wildman–Crippen MR) is 69.3 cm³/mol. The number of aromatic nitrogens is 1. The third kappa shape index (κ3) is 5.27. The van der Waals surface area contributed by atoms with Gasteiger partial charge in [-0.05, 0) is 12.3 Å². The van der Waals surface area contributed by atoms with E-state index < -0.39 is 11.4 Å². The van der Waals surface area contributed by atoms with Gasteiger partial charge >= 0.3 is 5.97 Å². The summed E-state index contributed by atoms with van der Waals surface area (Å²) in [5, 5.41) is 12.5. The number of aryl methyl sites for hydroxylation is 1. The fraction of sp³-hybridized carbons (Fsp3) is 0.583. The van der Waals surface area contributed by atoms with E-state index in [9.17, 15) is 9.59 Å². The van der Waals surface area contributed by atoms with Gasteiger partial charge in [-0.25, -0.2) is 4.98 Å². The van der Waals surface area contributed by atoms with Crippen molar-refractivity contribution in [2.75, 3.05) is 0 Å². The molecule has 18 heavy (non-hydrogen) atoms. The molecule has 0 saturated heterocycles. The van der Waals surface area contributed by atoms with Gasteiger partial charge in [0.15, 0.2) is 0 Å². The minimum Gasteiger partial charge on any atom is -0.481 e. The second-order valence-corrected chi connectivity index (χ2v) is 6.35. The largest absolute Gasteiger partial charge is 0.481 e. The molecule has 2 N–H and O–H groups in total. The second-order valence-electron chi connectivity index (χ2n) is 5.03. The third-order valence-corrected chi connectivity index (χ3v) is 3.31. The highest BCUT2D eigenvalue weighted by Crippen LogP contribution is 2.24. The maximum Gasteiger partial charge on any atom is 0.303 e. The van der Waals surface area contributed by atoms with Crippen molar-refractivity contribution in [2.24, 2.45) is 5.41 Å². The van der Waals surface area contributed by atoms with Crippen LogP contribution in [0.25, 0.3) is 0 Å². The van der Waals surface area contributed by atoms with Gasteiger partial charge in [0.2, 0.25) is 5.91 Å². The highest BCUT2D eigenvalue weighted by Gasteiger charge is 2.25. The zero-order chi connectivity index (χ0) is 13.8. The molecule has 1 rings (SSSR count). The van der Waals surface area contributed by atoms with Crippen LogP contribution in [0.5, 0.6) is 0 Å². The summed E-state index contributed by atoms with van der Waals surface area (Å²) >= 11 is 1.54. The van der Waals surface area contributed by atoms with Crippen LogP contribution in [0, 0.1) is 12.3 Å². The lowest BCUT2D eigenvalue weighted by atomic mass is 9.85. The van der Waals surface area contributed by atoms with E-state index >= 15 is 0 Å². The van der Waals surface area contributed by atoms with Gasteiger partial charge in [-0.15, -0.1) is 11.3 Å². The van der Waals surface area contributed by atoms with Gasteiger partial charge in [-0.3, -0.25) is 9.59 Å². The van der Waals surface area contributed by atoms with Gasteiger partial charge in [-0.2, -0.15) is 0 Å². The molecule has 1 aromatic heterocycles. The zero-order valence-electron chi connectivity index (χ0n) is 10.8. The van der Waals surface area contributed by atoms with Crippen LogP contribution in [0.4, 0.5) is 0 Å². The highest BCUT2D eigenvalue weighted by molar-refractivity contribution is 7.11. The number of nitrogens with one attached hydrogen (secondary N) is 1. The molecule has 1 amide bonds. The molecule has 5 nitrogen and oxygen atoms in total. The maximum atomic E-state index is 11.7. The molecule has 0 bridgehead atoms. The molecule has 0 aliphatic rings. The van der Waals surface area contributed by atoms with Crippen molar-refractivity contribution < 1.29 is 14.7 Å². The number of hydrogen-bond donors (Lipinski definition) is 2. The molecule has 100 valence electrons. The number of hydrogen-bond acceptors (Lipinski definition) is 4. The Kier molecular flexibility index (Phi) is 4.84.